The van der Waals surface area contributed by atoms with Crippen molar-refractivity contribution in [3.05, 3.63) is 161 Å². The highest BCUT2D eigenvalue weighted by molar-refractivity contribution is 7.00. The first-order valence-corrected chi connectivity index (χ1v) is 24.0. The predicted molar refractivity (Wildman–Crippen MR) is 278 cm³/mol. The molecule has 0 saturated heterocycles. The second kappa shape index (κ2) is 13.1. The number of rotatable bonds is 3. The summed E-state index contributed by atoms with van der Waals surface area (Å²) in [5.74, 6) is 0. The molecule has 2 aliphatic carbocycles. The van der Waals surface area contributed by atoms with E-state index in [0.717, 1.165) is 40.3 Å². The molecule has 4 heteroatoms. The highest BCUT2D eigenvalue weighted by Gasteiger charge is 2.50. The lowest BCUT2D eigenvalue weighted by Crippen LogP contribution is -2.61. The van der Waals surface area contributed by atoms with Crippen LogP contribution in [-0.2, 0) is 27.1 Å². The molecular weight excluding hydrogens is 787 g/mol. The van der Waals surface area contributed by atoms with Crippen LogP contribution in [0.25, 0.3) is 33.1 Å². The Hall–Kier alpha value is -6.00. The molecule has 0 N–H and O–H groups in total. The van der Waals surface area contributed by atoms with E-state index < -0.39 is 0 Å². The van der Waals surface area contributed by atoms with Gasteiger partial charge in [-0.2, -0.15) is 0 Å². The molecule has 324 valence electrons. The van der Waals surface area contributed by atoms with Gasteiger partial charge in [-0.1, -0.05) is 137 Å². The molecule has 2 aliphatic heterocycles. The molecule has 1 aromatic heterocycles. The zero-order chi connectivity index (χ0) is 45.3. The molecule has 0 unspecified atom stereocenters. The SMILES string of the molecule is Cc1cc2c3c(c1)N(c1cccc(-c4ccc5c(c4)oc4ccccc45)c1)c1cc4c(cc1B3c1cc3c(cc1N2c1ccc(C(C)(C)C)cc1)C(C)(C)CC3(C)C)C(C)(C)CC4(C)C. The number of nitrogens with zero attached hydrogens (tertiary/aromatic N) is 2. The monoisotopic (exact) mass is 848 g/mol. The van der Waals surface area contributed by atoms with Crippen molar-refractivity contribution in [2.45, 2.75) is 123 Å². The van der Waals surface area contributed by atoms with Crippen LogP contribution in [0.2, 0.25) is 0 Å². The van der Waals surface area contributed by atoms with Crippen LogP contribution in [0.1, 0.15) is 122 Å². The summed E-state index contributed by atoms with van der Waals surface area (Å²) in [4.78, 5) is 5.24. The number of fused-ring (bicyclic) bond motifs is 9. The van der Waals surface area contributed by atoms with Gasteiger partial charge in [-0.3, -0.25) is 0 Å². The molecule has 3 heterocycles. The number of para-hydroxylation sites is 1. The number of benzene rings is 7. The van der Waals surface area contributed by atoms with Crippen molar-refractivity contribution < 1.29 is 4.42 Å². The molecule has 8 aromatic rings. The van der Waals surface area contributed by atoms with Gasteiger partial charge in [-0.15, -0.1) is 0 Å². The maximum Gasteiger partial charge on any atom is 0.252 e. The second-order valence-electron chi connectivity index (χ2n) is 23.8. The first-order valence-electron chi connectivity index (χ1n) is 24.0. The number of hydrogen-bond donors (Lipinski definition) is 0. The van der Waals surface area contributed by atoms with E-state index in [-0.39, 0.29) is 33.8 Å². The topological polar surface area (TPSA) is 19.6 Å². The second-order valence-corrected chi connectivity index (χ2v) is 23.8. The van der Waals surface area contributed by atoms with E-state index in [1.54, 1.807) is 0 Å². The molecule has 12 rings (SSSR count). The van der Waals surface area contributed by atoms with E-state index in [2.05, 4.69) is 214 Å². The van der Waals surface area contributed by atoms with Gasteiger partial charge in [0.05, 0.1) is 0 Å². The predicted octanol–water partition coefficient (Wildman–Crippen LogP) is 14.9. The summed E-state index contributed by atoms with van der Waals surface area (Å²) in [6, 6.07) is 49.2. The Morgan fingerprint density at radius 3 is 1.58 bits per heavy atom. The minimum atomic E-state index is 0.0400. The lowest BCUT2D eigenvalue weighted by atomic mass is 9.33. The zero-order valence-corrected chi connectivity index (χ0v) is 40.4. The third-order valence-electron chi connectivity index (χ3n) is 16.0. The van der Waals surface area contributed by atoms with Crippen LogP contribution in [0, 0.1) is 6.92 Å². The number of anilines is 6. The van der Waals surface area contributed by atoms with Crippen LogP contribution in [-0.4, -0.2) is 6.71 Å². The maximum atomic E-state index is 6.42. The molecule has 0 spiro atoms. The minimum absolute atomic E-state index is 0.0400. The molecule has 0 atom stereocenters. The van der Waals surface area contributed by atoms with Crippen molar-refractivity contribution in [1.82, 2.24) is 0 Å². The summed E-state index contributed by atoms with van der Waals surface area (Å²) in [6.07, 6.45) is 2.24. The van der Waals surface area contributed by atoms with Crippen molar-refractivity contribution >= 4 is 79.2 Å². The molecule has 0 radical (unpaired) electrons. The summed E-state index contributed by atoms with van der Waals surface area (Å²) in [6.45, 7) is 29.0. The quantitative estimate of drug-likeness (QED) is 0.165. The fourth-order valence-electron chi connectivity index (χ4n) is 13.5. The largest absolute Gasteiger partial charge is 0.456 e. The van der Waals surface area contributed by atoms with Crippen molar-refractivity contribution in [2.24, 2.45) is 0 Å². The van der Waals surface area contributed by atoms with Gasteiger partial charge in [-0.05, 0) is 174 Å². The molecule has 0 saturated carbocycles. The van der Waals surface area contributed by atoms with E-state index in [9.17, 15) is 0 Å². The third kappa shape index (κ3) is 5.87. The van der Waals surface area contributed by atoms with Crippen LogP contribution >= 0.6 is 0 Å². The molecular formula is C61H61BN2O. The first kappa shape index (κ1) is 40.5. The van der Waals surface area contributed by atoms with Crippen molar-refractivity contribution in [2.75, 3.05) is 9.80 Å². The van der Waals surface area contributed by atoms with Crippen LogP contribution < -0.4 is 26.2 Å². The smallest absolute Gasteiger partial charge is 0.252 e. The Morgan fingerprint density at radius 2 is 1.00 bits per heavy atom. The Kier molecular flexibility index (Phi) is 8.16. The molecule has 0 amide bonds. The molecule has 7 aromatic carbocycles. The standard InChI is InChI=1S/C61H61BN2O/c1-36-26-52-56-53(27-36)64(41-17-15-16-37(28-41)38-20-25-43-42-18-13-14-19-54(42)65-55(43)29-38)51-33-47-45(59(7,8)35-61(47,11)12)31-49(51)62(56)48-30-44-46(60(9,10)34-58(44,5)6)32-50(48)63(52)40-23-21-39(22-24-40)57(2,3)4/h13-33H,34-35H2,1-12H3. The maximum absolute atomic E-state index is 6.42. The van der Waals surface area contributed by atoms with Gasteiger partial charge in [-0.25, -0.2) is 0 Å². The van der Waals surface area contributed by atoms with Crippen molar-refractivity contribution in [3.63, 3.8) is 0 Å². The van der Waals surface area contributed by atoms with E-state index in [1.165, 1.54) is 89.5 Å². The first-order chi connectivity index (χ1) is 30.7. The molecule has 0 fully saturated rings. The van der Waals surface area contributed by atoms with Gasteiger partial charge < -0.3 is 14.2 Å². The van der Waals surface area contributed by atoms with Gasteiger partial charge in [0.1, 0.15) is 11.2 Å². The Bertz CT molecular complexity index is 3340. The van der Waals surface area contributed by atoms with Gasteiger partial charge in [0.15, 0.2) is 0 Å². The summed E-state index contributed by atoms with van der Waals surface area (Å²) < 4.78 is 6.42. The third-order valence-corrected chi connectivity index (χ3v) is 16.0. The molecule has 4 aliphatic rings. The average molecular weight is 849 g/mol. The minimum Gasteiger partial charge on any atom is -0.456 e. The fraction of sp³-hybridized carbons (Fsp3) is 0.311. The van der Waals surface area contributed by atoms with E-state index in [4.69, 9.17) is 4.42 Å². The van der Waals surface area contributed by atoms with Crippen LogP contribution in [0.3, 0.4) is 0 Å². The molecule has 65 heavy (non-hydrogen) atoms. The van der Waals surface area contributed by atoms with Crippen molar-refractivity contribution in [3.8, 4) is 11.1 Å². The average Bonchev–Trinajstić information content (AvgIpc) is 3.77. The number of aryl methyl sites for hydroxylation is 1. The molecule has 3 nitrogen and oxygen atoms in total. The van der Waals surface area contributed by atoms with Crippen LogP contribution in [0.5, 0.6) is 0 Å². The zero-order valence-electron chi connectivity index (χ0n) is 40.4. The summed E-state index contributed by atoms with van der Waals surface area (Å²) >= 11 is 0. The normalized spacial score (nSPS) is 18.1. The Labute approximate surface area is 386 Å². The summed E-state index contributed by atoms with van der Waals surface area (Å²) in [7, 11) is 0. The van der Waals surface area contributed by atoms with Gasteiger partial charge in [0, 0.05) is 44.9 Å². The van der Waals surface area contributed by atoms with Crippen LogP contribution in [0.4, 0.5) is 34.1 Å². The summed E-state index contributed by atoms with van der Waals surface area (Å²) in [5, 5.41) is 2.31. The Balaban J connectivity index is 1.14. The lowest BCUT2D eigenvalue weighted by molar-refractivity contribution is 0.403. The number of hydrogen-bond acceptors (Lipinski definition) is 3. The fourth-order valence-corrected chi connectivity index (χ4v) is 13.5. The lowest BCUT2D eigenvalue weighted by Gasteiger charge is -2.45. The summed E-state index contributed by atoms with van der Waals surface area (Å²) in [5.41, 5.74) is 24.7. The van der Waals surface area contributed by atoms with Gasteiger partial charge >= 0.3 is 0 Å². The molecule has 0 bridgehead atoms. The highest BCUT2D eigenvalue weighted by Crippen LogP contribution is 2.55. The van der Waals surface area contributed by atoms with Gasteiger partial charge in [0.25, 0.3) is 6.71 Å². The van der Waals surface area contributed by atoms with E-state index >= 15 is 0 Å². The van der Waals surface area contributed by atoms with E-state index in [1.807, 2.05) is 6.07 Å². The Morgan fingerprint density at radius 1 is 0.477 bits per heavy atom. The van der Waals surface area contributed by atoms with E-state index in [0.29, 0.717) is 0 Å². The number of furan rings is 1. The highest BCUT2D eigenvalue weighted by atomic mass is 16.3. The van der Waals surface area contributed by atoms with Gasteiger partial charge in [0.2, 0.25) is 0 Å². The van der Waals surface area contributed by atoms with Crippen molar-refractivity contribution in [1.29, 1.82) is 0 Å². The van der Waals surface area contributed by atoms with Crippen LogP contribution in [0.15, 0.2) is 132 Å².